The summed E-state index contributed by atoms with van der Waals surface area (Å²) in [5.74, 6) is 0.312. The number of hydrogen-bond donors (Lipinski definition) is 5. The third-order valence-corrected chi connectivity index (χ3v) is 3.99. The van der Waals surface area contributed by atoms with Crippen LogP contribution >= 0.6 is 0 Å². The van der Waals surface area contributed by atoms with Crippen molar-refractivity contribution in [1.82, 2.24) is 19.5 Å². The number of ether oxygens (including phenoxy) is 1. The highest BCUT2D eigenvalue weighted by atomic mass is 16.6. The van der Waals surface area contributed by atoms with Crippen LogP contribution in [0.15, 0.2) is 11.1 Å². The fourth-order valence-electron chi connectivity index (χ4n) is 2.66. The van der Waals surface area contributed by atoms with Gasteiger partial charge in [-0.05, 0) is 0 Å². The first-order valence-corrected chi connectivity index (χ1v) is 7.29. The lowest BCUT2D eigenvalue weighted by Crippen LogP contribution is -2.56. The zero-order valence-corrected chi connectivity index (χ0v) is 13.1. The van der Waals surface area contributed by atoms with Crippen molar-refractivity contribution in [3.8, 4) is 0 Å². The molecule has 1 aliphatic rings. The molecular weight excluding hydrogens is 322 g/mol. The Morgan fingerprint density at radius 3 is 2.62 bits per heavy atom. The Bertz CT molecular complexity index is 787. The van der Waals surface area contributed by atoms with Gasteiger partial charge in [-0.15, -0.1) is 0 Å². The van der Waals surface area contributed by atoms with Gasteiger partial charge in [0.25, 0.3) is 5.56 Å². The van der Waals surface area contributed by atoms with E-state index in [0.717, 1.165) is 0 Å². The summed E-state index contributed by atoms with van der Waals surface area (Å²) in [5, 5.41) is 39.2. The van der Waals surface area contributed by atoms with Gasteiger partial charge in [-0.1, -0.05) is 0 Å². The fourth-order valence-corrected chi connectivity index (χ4v) is 2.66. The maximum Gasteiger partial charge on any atom is 0.278 e. The van der Waals surface area contributed by atoms with Gasteiger partial charge < -0.3 is 30.1 Å². The van der Waals surface area contributed by atoms with Crippen molar-refractivity contribution >= 4 is 17.1 Å². The third-order valence-electron chi connectivity index (χ3n) is 3.99. The number of aliphatic hydroxyl groups is 4. The maximum absolute atomic E-state index is 12.4. The molecule has 0 aliphatic carbocycles. The van der Waals surface area contributed by atoms with Gasteiger partial charge in [0.15, 0.2) is 17.4 Å². The molecular formula is C13H19N5O6. The van der Waals surface area contributed by atoms with Crippen LogP contribution in [-0.4, -0.2) is 85.1 Å². The molecule has 0 saturated carbocycles. The van der Waals surface area contributed by atoms with Crippen LogP contribution < -0.4 is 10.5 Å². The minimum atomic E-state index is -1.55. The molecule has 0 amide bonds. The van der Waals surface area contributed by atoms with Gasteiger partial charge >= 0.3 is 0 Å². The van der Waals surface area contributed by atoms with E-state index in [0.29, 0.717) is 5.95 Å². The van der Waals surface area contributed by atoms with Crippen molar-refractivity contribution in [2.75, 3.05) is 25.6 Å². The van der Waals surface area contributed by atoms with E-state index in [-0.39, 0.29) is 11.2 Å². The Labute approximate surface area is 135 Å². The van der Waals surface area contributed by atoms with E-state index in [2.05, 4.69) is 15.0 Å². The predicted molar refractivity (Wildman–Crippen MR) is 81.5 cm³/mol. The van der Waals surface area contributed by atoms with E-state index in [1.165, 1.54) is 10.9 Å². The van der Waals surface area contributed by atoms with E-state index in [1.807, 2.05) is 0 Å². The molecule has 3 rings (SSSR count). The summed E-state index contributed by atoms with van der Waals surface area (Å²) in [4.78, 5) is 24.8. The number of H-pyrrole nitrogens is 1. The van der Waals surface area contributed by atoms with Crippen molar-refractivity contribution in [1.29, 1.82) is 0 Å². The van der Waals surface area contributed by atoms with Crippen LogP contribution in [0.2, 0.25) is 0 Å². The van der Waals surface area contributed by atoms with Crippen LogP contribution in [0.5, 0.6) is 0 Å². The van der Waals surface area contributed by atoms with Crippen molar-refractivity contribution < 1.29 is 25.2 Å². The number of aromatic nitrogens is 4. The molecule has 3 heterocycles. The van der Waals surface area contributed by atoms with Gasteiger partial charge in [-0.3, -0.25) is 14.3 Å². The molecule has 0 aromatic carbocycles. The molecule has 5 N–H and O–H groups in total. The predicted octanol–water partition coefficient (Wildman–Crippen LogP) is -2.84. The highest BCUT2D eigenvalue weighted by molar-refractivity contribution is 5.71. The molecule has 24 heavy (non-hydrogen) atoms. The van der Waals surface area contributed by atoms with Crippen LogP contribution in [0.3, 0.4) is 0 Å². The quantitative estimate of drug-likeness (QED) is 0.396. The lowest BCUT2D eigenvalue weighted by molar-refractivity contribution is -0.250. The first-order chi connectivity index (χ1) is 11.3. The van der Waals surface area contributed by atoms with Crippen molar-refractivity contribution in [3.05, 3.63) is 16.7 Å². The molecule has 0 radical (unpaired) electrons. The van der Waals surface area contributed by atoms with Gasteiger partial charge in [0.05, 0.1) is 6.61 Å². The fraction of sp³-hybridized carbons (Fsp3) is 0.615. The monoisotopic (exact) mass is 341 g/mol. The number of fused-ring (bicyclic) bond motifs is 1. The summed E-state index contributed by atoms with van der Waals surface area (Å²) in [6, 6.07) is 0. The molecule has 5 atom stereocenters. The van der Waals surface area contributed by atoms with E-state index in [4.69, 9.17) is 4.74 Å². The average Bonchev–Trinajstić information content (AvgIpc) is 2.97. The minimum absolute atomic E-state index is 0.0462. The largest absolute Gasteiger partial charge is 0.394 e. The molecule has 0 spiro atoms. The Morgan fingerprint density at radius 1 is 1.29 bits per heavy atom. The second-order valence-corrected chi connectivity index (χ2v) is 5.83. The van der Waals surface area contributed by atoms with Crippen molar-refractivity contribution in [2.24, 2.45) is 0 Å². The van der Waals surface area contributed by atoms with Crippen LogP contribution in [0.1, 0.15) is 6.23 Å². The summed E-state index contributed by atoms with van der Waals surface area (Å²) >= 11 is 0. The average molecular weight is 341 g/mol. The first-order valence-electron chi connectivity index (χ1n) is 7.29. The second kappa shape index (κ2) is 6.11. The van der Waals surface area contributed by atoms with Gasteiger partial charge in [0, 0.05) is 14.1 Å². The lowest BCUT2D eigenvalue weighted by Gasteiger charge is -2.40. The number of imidazole rings is 1. The maximum atomic E-state index is 12.4. The molecule has 132 valence electrons. The van der Waals surface area contributed by atoms with E-state index < -0.39 is 42.8 Å². The SMILES string of the molecule is CN(C)c1nc2ncn([C@@H]3O[C@H](CO)[C@@H](O)[C@H](O)[C@H]3O)c2c(=O)[nH]1. The van der Waals surface area contributed by atoms with Gasteiger partial charge in [0.1, 0.15) is 30.7 Å². The minimum Gasteiger partial charge on any atom is -0.394 e. The Morgan fingerprint density at radius 2 is 2.00 bits per heavy atom. The van der Waals surface area contributed by atoms with Gasteiger partial charge in [-0.25, -0.2) is 4.98 Å². The molecule has 0 bridgehead atoms. The molecule has 2 aromatic rings. The molecule has 1 aliphatic heterocycles. The third kappa shape index (κ3) is 2.56. The molecule has 2 aromatic heterocycles. The Hall–Kier alpha value is -2.05. The number of anilines is 1. The number of rotatable bonds is 3. The van der Waals surface area contributed by atoms with Crippen molar-refractivity contribution in [2.45, 2.75) is 30.6 Å². The van der Waals surface area contributed by atoms with Gasteiger partial charge in [0.2, 0.25) is 5.95 Å². The number of aromatic amines is 1. The van der Waals surface area contributed by atoms with Crippen molar-refractivity contribution in [3.63, 3.8) is 0 Å². The highest BCUT2D eigenvalue weighted by Crippen LogP contribution is 2.29. The molecule has 0 unspecified atom stereocenters. The van der Waals surface area contributed by atoms with Crippen LogP contribution in [-0.2, 0) is 4.74 Å². The number of aliphatic hydroxyl groups excluding tert-OH is 4. The van der Waals surface area contributed by atoms with Crippen LogP contribution in [0.25, 0.3) is 11.2 Å². The first kappa shape index (κ1) is 16.8. The topological polar surface area (TPSA) is 157 Å². The summed E-state index contributed by atoms with van der Waals surface area (Å²) in [7, 11) is 3.41. The molecule has 1 fully saturated rings. The molecule has 1 saturated heterocycles. The Kier molecular flexibility index (Phi) is 4.27. The molecule has 11 nitrogen and oxygen atoms in total. The Balaban J connectivity index is 2.07. The summed E-state index contributed by atoms with van der Waals surface area (Å²) in [6.45, 7) is -0.562. The van der Waals surface area contributed by atoms with Crippen LogP contribution in [0.4, 0.5) is 5.95 Å². The second-order valence-electron chi connectivity index (χ2n) is 5.83. The highest BCUT2D eigenvalue weighted by Gasteiger charge is 2.44. The summed E-state index contributed by atoms with van der Waals surface area (Å²) in [5.41, 5.74) is -0.317. The normalized spacial score (nSPS) is 30.7. The standard InChI is InChI=1S/C13H19N5O6/c1-17(2)13-15-10-6(11(23)16-13)18(4-14-10)12-9(22)8(21)7(20)5(3-19)24-12/h4-5,7-9,12,19-22H,3H2,1-2H3,(H,15,16,23)/t5-,7-,8+,9-,12-/m1/s1. The van der Waals surface area contributed by atoms with E-state index >= 15 is 0 Å². The number of hydrogen-bond acceptors (Lipinski definition) is 9. The number of nitrogens with zero attached hydrogens (tertiary/aromatic N) is 4. The summed E-state index contributed by atoms with van der Waals surface area (Å²) < 4.78 is 6.66. The lowest BCUT2D eigenvalue weighted by atomic mass is 9.98. The molecule has 11 heteroatoms. The zero-order valence-electron chi connectivity index (χ0n) is 13.1. The van der Waals surface area contributed by atoms with Gasteiger partial charge in [-0.2, -0.15) is 4.98 Å². The smallest absolute Gasteiger partial charge is 0.278 e. The zero-order chi connectivity index (χ0) is 17.6. The van der Waals surface area contributed by atoms with Crippen LogP contribution in [0, 0.1) is 0 Å². The number of nitrogens with one attached hydrogen (secondary N) is 1. The van der Waals surface area contributed by atoms with E-state index in [1.54, 1.807) is 19.0 Å². The van der Waals surface area contributed by atoms with E-state index in [9.17, 15) is 25.2 Å². The summed E-state index contributed by atoms with van der Waals surface area (Å²) in [6.07, 6.45) is -5.59.